The normalized spacial score (nSPS) is 25.4. The van der Waals surface area contributed by atoms with E-state index in [1.54, 1.807) is 0 Å². The van der Waals surface area contributed by atoms with Crippen LogP contribution in [0.1, 0.15) is 19.3 Å². The first-order chi connectivity index (χ1) is 6.20. The van der Waals surface area contributed by atoms with Gasteiger partial charge in [0, 0.05) is 23.2 Å². The number of carboxylic acid groups (broad SMARTS) is 1. The van der Waals surface area contributed by atoms with Crippen molar-refractivity contribution in [2.75, 3.05) is 19.0 Å². The highest BCUT2D eigenvalue weighted by Gasteiger charge is 2.20. The number of aliphatic carboxylic acids is 1. The molecule has 0 radical (unpaired) electrons. The quantitative estimate of drug-likeness (QED) is 0.722. The summed E-state index contributed by atoms with van der Waals surface area (Å²) in [6.45, 7) is 1.26. The topological polar surface area (TPSA) is 63.6 Å². The first-order valence-electron chi connectivity index (χ1n) is 4.37. The van der Waals surface area contributed by atoms with E-state index in [1.165, 1.54) is 0 Å². The van der Waals surface area contributed by atoms with Gasteiger partial charge < -0.3 is 9.84 Å². The van der Waals surface area contributed by atoms with Crippen molar-refractivity contribution in [1.82, 2.24) is 0 Å². The molecule has 76 valence electrons. The summed E-state index contributed by atoms with van der Waals surface area (Å²) in [5.41, 5.74) is 0. The van der Waals surface area contributed by atoms with E-state index >= 15 is 0 Å². The molecule has 0 saturated carbocycles. The van der Waals surface area contributed by atoms with E-state index in [2.05, 4.69) is 0 Å². The van der Waals surface area contributed by atoms with Gasteiger partial charge in [0.2, 0.25) is 0 Å². The Labute approximate surface area is 79.7 Å². The van der Waals surface area contributed by atoms with Gasteiger partial charge in [0.1, 0.15) is 0 Å². The highest BCUT2D eigenvalue weighted by atomic mass is 32.2. The van der Waals surface area contributed by atoms with E-state index in [-0.39, 0.29) is 17.4 Å². The number of hydrogen-bond donors (Lipinski definition) is 1. The minimum atomic E-state index is -1.03. The van der Waals surface area contributed by atoms with Gasteiger partial charge >= 0.3 is 5.97 Å². The second kappa shape index (κ2) is 5.34. The lowest BCUT2D eigenvalue weighted by Crippen LogP contribution is -2.28. The second-order valence-corrected chi connectivity index (χ2v) is 4.90. The van der Waals surface area contributed by atoms with Crippen LogP contribution in [0.4, 0.5) is 0 Å². The highest BCUT2D eigenvalue weighted by molar-refractivity contribution is 7.85. The molecule has 1 saturated heterocycles. The van der Waals surface area contributed by atoms with Crippen LogP contribution in [-0.4, -0.2) is 39.5 Å². The molecule has 1 aliphatic rings. The molecule has 1 N–H and O–H groups in total. The Kier molecular flexibility index (Phi) is 4.38. The minimum Gasteiger partial charge on any atom is -0.481 e. The molecule has 2 unspecified atom stereocenters. The van der Waals surface area contributed by atoms with Crippen molar-refractivity contribution in [2.45, 2.75) is 24.5 Å². The molecule has 1 aliphatic heterocycles. The summed E-state index contributed by atoms with van der Waals surface area (Å²) in [6.07, 6.45) is 1.82. The van der Waals surface area contributed by atoms with Gasteiger partial charge in [-0.1, -0.05) is 0 Å². The molecule has 2 atom stereocenters. The lowest BCUT2D eigenvalue weighted by Gasteiger charge is -2.20. The van der Waals surface area contributed by atoms with Gasteiger partial charge in [-0.2, -0.15) is 0 Å². The summed E-state index contributed by atoms with van der Waals surface area (Å²) in [5, 5.41) is 8.44. The second-order valence-electron chi connectivity index (χ2n) is 3.07. The fourth-order valence-electron chi connectivity index (χ4n) is 1.27. The number of carbonyl (C=O) groups is 1. The fourth-order valence-corrected chi connectivity index (χ4v) is 2.66. The molecule has 13 heavy (non-hydrogen) atoms. The summed E-state index contributed by atoms with van der Waals surface area (Å²) in [4.78, 5) is 10.2. The monoisotopic (exact) mass is 206 g/mol. The van der Waals surface area contributed by atoms with Crippen LogP contribution in [0.15, 0.2) is 0 Å². The molecule has 0 amide bonds. The smallest absolute Gasteiger partial charge is 0.304 e. The van der Waals surface area contributed by atoms with Gasteiger partial charge in [-0.15, -0.1) is 0 Å². The molecule has 1 fully saturated rings. The summed E-state index contributed by atoms with van der Waals surface area (Å²) >= 11 is 0. The lowest BCUT2D eigenvalue weighted by molar-refractivity contribution is -0.136. The van der Waals surface area contributed by atoms with Gasteiger partial charge in [0.05, 0.1) is 18.3 Å². The number of hydrogen-bond acceptors (Lipinski definition) is 3. The SMILES string of the molecule is O=C(O)CCS(=O)C1CCCOC1. The van der Waals surface area contributed by atoms with Crippen molar-refractivity contribution in [2.24, 2.45) is 0 Å². The molecule has 1 rings (SSSR count). The third kappa shape index (κ3) is 3.87. The molecule has 4 nitrogen and oxygen atoms in total. The van der Waals surface area contributed by atoms with Crippen LogP contribution >= 0.6 is 0 Å². The first-order valence-corrected chi connectivity index (χ1v) is 5.75. The zero-order chi connectivity index (χ0) is 9.68. The number of ether oxygens (including phenoxy) is 1. The Hall–Kier alpha value is -0.420. The van der Waals surface area contributed by atoms with Crippen molar-refractivity contribution >= 4 is 16.8 Å². The van der Waals surface area contributed by atoms with Crippen LogP contribution < -0.4 is 0 Å². The van der Waals surface area contributed by atoms with Crippen molar-refractivity contribution in [3.8, 4) is 0 Å². The van der Waals surface area contributed by atoms with Crippen LogP contribution in [-0.2, 0) is 20.3 Å². The van der Waals surface area contributed by atoms with E-state index < -0.39 is 16.8 Å². The zero-order valence-electron chi connectivity index (χ0n) is 7.40. The molecule has 0 aromatic heterocycles. The predicted octanol–water partition coefficient (Wildman–Crippen LogP) is 0.389. The average molecular weight is 206 g/mol. The molecule has 0 aromatic rings. The van der Waals surface area contributed by atoms with E-state index in [1.807, 2.05) is 0 Å². The molecule has 0 aliphatic carbocycles. The Bertz CT molecular complexity index is 198. The molecule has 5 heteroatoms. The van der Waals surface area contributed by atoms with Crippen molar-refractivity contribution in [1.29, 1.82) is 0 Å². The van der Waals surface area contributed by atoms with Gasteiger partial charge in [-0.05, 0) is 12.8 Å². The molecular formula is C8H14O4S. The predicted molar refractivity (Wildman–Crippen MR) is 49.1 cm³/mol. The summed E-state index contributed by atoms with van der Waals surface area (Å²) in [7, 11) is -1.03. The summed E-state index contributed by atoms with van der Waals surface area (Å²) in [6, 6.07) is 0. The fraction of sp³-hybridized carbons (Fsp3) is 0.875. The largest absolute Gasteiger partial charge is 0.481 e. The number of carboxylic acids is 1. The maximum absolute atomic E-state index is 11.5. The third-order valence-electron chi connectivity index (χ3n) is 2.01. The van der Waals surface area contributed by atoms with E-state index in [9.17, 15) is 9.00 Å². The van der Waals surface area contributed by atoms with E-state index in [4.69, 9.17) is 9.84 Å². The minimum absolute atomic E-state index is 0.0108. The van der Waals surface area contributed by atoms with Crippen LogP contribution in [0.3, 0.4) is 0 Å². The Morgan fingerprint density at radius 2 is 2.38 bits per heavy atom. The van der Waals surface area contributed by atoms with Crippen molar-refractivity contribution in [3.63, 3.8) is 0 Å². The molecule has 0 spiro atoms. The Morgan fingerprint density at radius 1 is 1.62 bits per heavy atom. The van der Waals surface area contributed by atoms with Gasteiger partial charge in [0.15, 0.2) is 0 Å². The highest BCUT2D eigenvalue weighted by Crippen LogP contribution is 2.12. The summed E-state index contributed by atoms with van der Waals surface area (Å²) < 4.78 is 16.6. The molecule has 0 aromatic carbocycles. The molecule has 1 heterocycles. The van der Waals surface area contributed by atoms with Gasteiger partial charge in [-0.3, -0.25) is 9.00 Å². The third-order valence-corrected chi connectivity index (χ3v) is 3.73. The van der Waals surface area contributed by atoms with Crippen molar-refractivity contribution in [3.05, 3.63) is 0 Å². The maximum atomic E-state index is 11.5. The number of rotatable bonds is 4. The lowest BCUT2D eigenvalue weighted by atomic mass is 10.2. The standard InChI is InChI=1S/C8H14O4S/c9-8(10)3-5-13(11)7-2-1-4-12-6-7/h7H,1-6H2,(H,9,10). The van der Waals surface area contributed by atoms with Gasteiger partial charge in [-0.25, -0.2) is 0 Å². The van der Waals surface area contributed by atoms with Crippen LogP contribution in [0.25, 0.3) is 0 Å². The van der Waals surface area contributed by atoms with Crippen LogP contribution in [0.5, 0.6) is 0 Å². The van der Waals surface area contributed by atoms with E-state index in [0.29, 0.717) is 6.61 Å². The maximum Gasteiger partial charge on any atom is 0.304 e. The Balaban J connectivity index is 2.25. The first kappa shape index (κ1) is 10.7. The van der Waals surface area contributed by atoms with Crippen LogP contribution in [0.2, 0.25) is 0 Å². The molecular weight excluding hydrogens is 192 g/mol. The Morgan fingerprint density at radius 3 is 2.92 bits per heavy atom. The average Bonchev–Trinajstić information content (AvgIpc) is 2.15. The van der Waals surface area contributed by atoms with Crippen LogP contribution in [0, 0.1) is 0 Å². The van der Waals surface area contributed by atoms with Gasteiger partial charge in [0.25, 0.3) is 0 Å². The van der Waals surface area contributed by atoms with Crippen molar-refractivity contribution < 1.29 is 18.8 Å². The van der Waals surface area contributed by atoms with E-state index in [0.717, 1.165) is 19.4 Å². The molecule has 0 bridgehead atoms. The summed E-state index contributed by atoms with van der Waals surface area (Å²) in [5.74, 6) is -0.631. The zero-order valence-corrected chi connectivity index (χ0v) is 8.22.